The van der Waals surface area contributed by atoms with Crippen molar-refractivity contribution < 1.29 is 18.7 Å². The van der Waals surface area contributed by atoms with Crippen molar-refractivity contribution in [3.8, 4) is 5.75 Å². The Balaban J connectivity index is 1.76. The van der Waals surface area contributed by atoms with Gasteiger partial charge in [0.15, 0.2) is 0 Å². The second kappa shape index (κ2) is 13.7. The minimum Gasteiger partial charge on any atom is -0.492 e. The highest BCUT2D eigenvalue weighted by Gasteiger charge is 2.13. The molecule has 0 saturated heterocycles. The fourth-order valence-electron chi connectivity index (χ4n) is 3.50. The predicted octanol–water partition coefficient (Wildman–Crippen LogP) is 5.42. The molecule has 1 amide bonds. The van der Waals surface area contributed by atoms with Gasteiger partial charge >= 0.3 is 0 Å². The smallest absolute Gasteiger partial charge is 0.248 e. The number of hydrogen-bond acceptors (Lipinski definition) is 7. The number of anilines is 3. The molecular weight excluding hydrogens is 485 g/mol. The molecule has 36 heavy (non-hydrogen) atoms. The first-order valence-electron chi connectivity index (χ1n) is 11.7. The second-order valence-corrected chi connectivity index (χ2v) is 8.54. The Hall–Kier alpha value is -3.27. The molecule has 10 heteroatoms. The van der Waals surface area contributed by atoms with Crippen LogP contribution in [0.15, 0.2) is 48.8 Å². The highest BCUT2D eigenvalue weighted by molar-refractivity contribution is 6.31. The van der Waals surface area contributed by atoms with Crippen LogP contribution >= 0.6 is 11.6 Å². The Bertz CT molecular complexity index is 1210. The number of benzene rings is 2. The first-order valence-corrected chi connectivity index (χ1v) is 12.1. The van der Waals surface area contributed by atoms with E-state index in [1.165, 1.54) is 24.5 Å². The van der Waals surface area contributed by atoms with E-state index in [1.807, 2.05) is 20.0 Å². The van der Waals surface area contributed by atoms with Crippen LogP contribution in [0.25, 0.3) is 10.9 Å². The topological polar surface area (TPSA) is 88.6 Å². The van der Waals surface area contributed by atoms with Crippen LogP contribution in [-0.2, 0) is 9.53 Å². The molecule has 0 atom stereocenters. The predicted molar refractivity (Wildman–Crippen MR) is 142 cm³/mol. The van der Waals surface area contributed by atoms with Crippen LogP contribution in [0.5, 0.6) is 5.75 Å². The Morgan fingerprint density at radius 3 is 2.81 bits per heavy atom. The average molecular weight is 516 g/mol. The quantitative estimate of drug-likeness (QED) is 0.232. The Morgan fingerprint density at radius 1 is 1.22 bits per heavy atom. The maximum absolute atomic E-state index is 13.5. The average Bonchev–Trinajstić information content (AvgIpc) is 2.85. The van der Waals surface area contributed by atoms with Crippen LogP contribution < -0.4 is 15.4 Å². The molecule has 8 nitrogen and oxygen atoms in total. The summed E-state index contributed by atoms with van der Waals surface area (Å²) in [5, 5.41) is 6.67. The highest BCUT2D eigenvalue weighted by Crippen LogP contribution is 2.33. The lowest BCUT2D eigenvalue weighted by molar-refractivity contribution is -0.111. The van der Waals surface area contributed by atoms with Crippen molar-refractivity contribution in [2.45, 2.75) is 19.8 Å². The Morgan fingerprint density at radius 2 is 2.06 bits per heavy atom. The molecule has 0 aliphatic heterocycles. The summed E-state index contributed by atoms with van der Waals surface area (Å²) in [4.78, 5) is 23.4. The fraction of sp³-hybridized carbons (Fsp3) is 0.346. The summed E-state index contributed by atoms with van der Waals surface area (Å²) >= 11 is 5.91. The number of likely N-dealkylation sites (N-methyl/N-ethyl adjacent to an activating group) is 1. The summed E-state index contributed by atoms with van der Waals surface area (Å²) in [6.45, 7) is 4.60. The molecule has 3 rings (SSSR count). The zero-order chi connectivity index (χ0) is 25.9. The Kier molecular flexibility index (Phi) is 10.4. The third kappa shape index (κ3) is 7.87. The number of hydrogen-bond donors (Lipinski definition) is 2. The van der Waals surface area contributed by atoms with E-state index in [-0.39, 0.29) is 10.9 Å². The van der Waals surface area contributed by atoms with E-state index in [2.05, 4.69) is 25.5 Å². The van der Waals surface area contributed by atoms with Crippen molar-refractivity contribution in [2.75, 3.05) is 51.1 Å². The van der Waals surface area contributed by atoms with Crippen molar-refractivity contribution >= 4 is 45.6 Å². The van der Waals surface area contributed by atoms with Crippen LogP contribution in [0, 0.1) is 5.82 Å². The molecule has 0 radical (unpaired) electrons. The zero-order valence-electron chi connectivity index (χ0n) is 20.7. The maximum Gasteiger partial charge on any atom is 0.248 e. The molecule has 0 fully saturated rings. The molecule has 0 saturated carbocycles. The van der Waals surface area contributed by atoms with Gasteiger partial charge in [0.1, 0.15) is 23.7 Å². The SMILES string of the molecule is CCOc1cc2ncnc(Nc3ccc(F)c(Cl)c3)c2cc1NC(=O)/C=C/CN(C)CCCCOC. The number of nitrogens with zero attached hydrogens (tertiary/aromatic N) is 3. The largest absolute Gasteiger partial charge is 0.492 e. The van der Waals surface area contributed by atoms with Gasteiger partial charge in [-0.05, 0) is 57.6 Å². The molecule has 3 aromatic rings. The fourth-order valence-corrected chi connectivity index (χ4v) is 3.68. The number of rotatable bonds is 13. The van der Waals surface area contributed by atoms with Gasteiger partial charge in [-0.2, -0.15) is 0 Å². The lowest BCUT2D eigenvalue weighted by Gasteiger charge is -2.15. The number of carbonyl (C=O) groups excluding carboxylic acids is 1. The van der Waals surface area contributed by atoms with Crippen molar-refractivity contribution in [1.82, 2.24) is 14.9 Å². The van der Waals surface area contributed by atoms with E-state index in [4.69, 9.17) is 21.1 Å². The van der Waals surface area contributed by atoms with Crippen molar-refractivity contribution in [2.24, 2.45) is 0 Å². The van der Waals surface area contributed by atoms with Crippen LogP contribution in [-0.4, -0.2) is 61.2 Å². The van der Waals surface area contributed by atoms with E-state index < -0.39 is 5.82 Å². The molecule has 2 N–H and O–H groups in total. The first-order chi connectivity index (χ1) is 17.4. The van der Waals surface area contributed by atoms with Crippen molar-refractivity contribution in [3.05, 3.63) is 59.7 Å². The third-order valence-electron chi connectivity index (χ3n) is 5.30. The molecule has 0 aliphatic carbocycles. The van der Waals surface area contributed by atoms with E-state index in [9.17, 15) is 9.18 Å². The van der Waals surface area contributed by atoms with Gasteiger partial charge in [0.2, 0.25) is 5.91 Å². The van der Waals surface area contributed by atoms with Crippen LogP contribution in [0.4, 0.5) is 21.6 Å². The van der Waals surface area contributed by atoms with E-state index in [1.54, 1.807) is 25.3 Å². The van der Waals surface area contributed by atoms with Gasteiger partial charge in [-0.25, -0.2) is 14.4 Å². The number of ether oxygens (including phenoxy) is 2. The number of nitrogens with one attached hydrogen (secondary N) is 2. The molecular formula is C26H31ClFN5O3. The van der Waals surface area contributed by atoms with E-state index in [0.29, 0.717) is 47.0 Å². The van der Waals surface area contributed by atoms with Crippen molar-refractivity contribution in [1.29, 1.82) is 0 Å². The number of methoxy groups -OCH3 is 1. The summed E-state index contributed by atoms with van der Waals surface area (Å²) in [6, 6.07) is 7.81. The molecule has 0 unspecified atom stereocenters. The van der Waals surface area contributed by atoms with Gasteiger partial charge in [0.25, 0.3) is 0 Å². The van der Waals surface area contributed by atoms with Gasteiger partial charge in [0.05, 0.1) is 22.8 Å². The molecule has 2 aromatic carbocycles. The van der Waals surface area contributed by atoms with Gasteiger partial charge in [-0.1, -0.05) is 17.7 Å². The number of unbranched alkanes of at least 4 members (excludes halogenated alkanes) is 1. The highest BCUT2D eigenvalue weighted by atomic mass is 35.5. The lowest BCUT2D eigenvalue weighted by Crippen LogP contribution is -2.20. The summed E-state index contributed by atoms with van der Waals surface area (Å²) in [5.41, 5.74) is 1.67. The number of amides is 1. The number of halogens is 2. The monoisotopic (exact) mass is 515 g/mol. The normalized spacial score (nSPS) is 11.4. The van der Waals surface area contributed by atoms with E-state index >= 15 is 0 Å². The summed E-state index contributed by atoms with van der Waals surface area (Å²) in [6.07, 6.45) is 6.77. The Labute approximate surface area is 215 Å². The molecule has 0 aliphatic rings. The molecule has 1 aromatic heterocycles. The van der Waals surface area contributed by atoms with Gasteiger partial charge in [0, 0.05) is 43.5 Å². The first kappa shape index (κ1) is 27.3. The number of fused-ring (bicyclic) bond motifs is 1. The van der Waals surface area contributed by atoms with E-state index in [0.717, 1.165) is 26.0 Å². The van der Waals surface area contributed by atoms with Crippen LogP contribution in [0.1, 0.15) is 19.8 Å². The van der Waals surface area contributed by atoms with Crippen molar-refractivity contribution in [3.63, 3.8) is 0 Å². The summed E-state index contributed by atoms with van der Waals surface area (Å²) in [7, 11) is 3.71. The minimum atomic E-state index is -0.508. The molecule has 0 bridgehead atoms. The van der Waals surface area contributed by atoms with Gasteiger partial charge in [-0.3, -0.25) is 4.79 Å². The van der Waals surface area contributed by atoms with Crippen LogP contribution in [0.2, 0.25) is 5.02 Å². The molecule has 192 valence electrons. The standard InChI is InChI=1S/C26H31ClFN5O3/c1-4-36-24-16-22-19(26(30-17-29-22)31-18-9-10-21(28)20(27)14-18)15-23(24)32-25(34)8-7-12-33(2)11-5-6-13-35-3/h7-10,14-17H,4-6,11-13H2,1-3H3,(H,32,34)(H,29,30,31)/b8-7+. The van der Waals surface area contributed by atoms with Gasteiger partial charge < -0.3 is 25.0 Å². The molecule has 0 spiro atoms. The maximum atomic E-state index is 13.5. The second-order valence-electron chi connectivity index (χ2n) is 8.13. The molecule has 1 heterocycles. The number of carbonyl (C=O) groups is 1. The zero-order valence-corrected chi connectivity index (χ0v) is 21.4. The van der Waals surface area contributed by atoms with Crippen LogP contribution in [0.3, 0.4) is 0 Å². The minimum absolute atomic E-state index is 0.00245. The summed E-state index contributed by atoms with van der Waals surface area (Å²) in [5.74, 6) is 0.189. The third-order valence-corrected chi connectivity index (χ3v) is 5.59. The lowest BCUT2D eigenvalue weighted by atomic mass is 10.1. The van der Waals surface area contributed by atoms with Gasteiger partial charge in [-0.15, -0.1) is 0 Å². The number of aromatic nitrogens is 2. The summed E-state index contributed by atoms with van der Waals surface area (Å²) < 4.78 is 24.4.